The van der Waals surface area contributed by atoms with Crippen LogP contribution < -0.4 is 28.4 Å². The summed E-state index contributed by atoms with van der Waals surface area (Å²) in [7, 11) is 6.18. The van der Waals surface area contributed by atoms with Crippen molar-refractivity contribution in [3.63, 3.8) is 0 Å². The molecule has 44 heavy (non-hydrogen) atoms. The average Bonchev–Trinajstić information content (AvgIpc) is 3.03. The summed E-state index contributed by atoms with van der Waals surface area (Å²) >= 11 is 0. The van der Waals surface area contributed by atoms with E-state index in [1.165, 1.54) is 26.4 Å². The molecule has 10 nitrogen and oxygen atoms in total. The Balaban J connectivity index is 0.000000175. The van der Waals surface area contributed by atoms with E-state index in [0.29, 0.717) is 34.1 Å². The van der Waals surface area contributed by atoms with Crippen LogP contribution in [0.1, 0.15) is 46.9 Å². The van der Waals surface area contributed by atoms with Crippen LogP contribution in [0.4, 0.5) is 0 Å². The molecule has 2 aliphatic heterocycles. The molecule has 0 saturated carbocycles. The highest BCUT2D eigenvalue weighted by molar-refractivity contribution is 5.80. The van der Waals surface area contributed by atoms with Crippen molar-refractivity contribution in [2.45, 2.75) is 24.7 Å². The topological polar surface area (TPSA) is 130 Å². The van der Waals surface area contributed by atoms with Gasteiger partial charge >= 0.3 is 11.9 Å². The molecule has 0 amide bonds. The van der Waals surface area contributed by atoms with E-state index in [0.717, 1.165) is 22.6 Å². The monoisotopic (exact) mass is 600 g/mol. The fraction of sp³-hybridized carbons (Fsp3) is 0.235. The van der Waals surface area contributed by atoms with E-state index < -0.39 is 0 Å². The number of benzene rings is 4. The van der Waals surface area contributed by atoms with Gasteiger partial charge in [-0.2, -0.15) is 0 Å². The number of carbonyl (C=O) groups is 2. The van der Waals surface area contributed by atoms with Crippen LogP contribution in [0, 0.1) is 0 Å². The number of esters is 2. The predicted octanol–water partition coefficient (Wildman–Crippen LogP) is 5.70. The van der Waals surface area contributed by atoms with Crippen LogP contribution in [0.3, 0.4) is 0 Å². The zero-order valence-electron chi connectivity index (χ0n) is 24.7. The van der Waals surface area contributed by atoms with Gasteiger partial charge in [-0.05, 0) is 35.4 Å². The maximum absolute atomic E-state index is 11.9. The van der Waals surface area contributed by atoms with Crippen LogP contribution in [0.25, 0.3) is 0 Å². The number of carbonyl (C=O) groups excluding carboxylic acids is 2. The second-order valence-electron chi connectivity index (χ2n) is 10.1. The molecule has 0 saturated heterocycles. The number of fused-ring (bicyclic) bond motifs is 2. The van der Waals surface area contributed by atoms with Crippen molar-refractivity contribution in [1.29, 1.82) is 0 Å². The number of aromatic hydroxyl groups is 2. The first-order chi connectivity index (χ1) is 21.2. The molecule has 0 unspecified atom stereocenters. The van der Waals surface area contributed by atoms with E-state index in [9.17, 15) is 19.8 Å². The van der Waals surface area contributed by atoms with Gasteiger partial charge in [0.2, 0.25) is 0 Å². The van der Waals surface area contributed by atoms with Gasteiger partial charge in [0, 0.05) is 47.2 Å². The SMILES string of the molecule is COc1ccc([C@@H]2CC(=O)Oc3cc(OC)cc(O)c32)cc1.COc1ccc([C@H]2CC(=O)Oc3cc(OC)cc(O)c32)cc1. The molecule has 2 N–H and O–H groups in total. The van der Waals surface area contributed by atoms with Gasteiger partial charge in [-0.3, -0.25) is 9.59 Å². The van der Waals surface area contributed by atoms with Crippen molar-refractivity contribution in [2.24, 2.45) is 0 Å². The molecule has 10 heteroatoms. The Hall–Kier alpha value is -5.38. The summed E-state index contributed by atoms with van der Waals surface area (Å²) in [5.41, 5.74) is 3.04. The van der Waals surface area contributed by atoms with Crippen molar-refractivity contribution in [3.05, 3.63) is 95.1 Å². The number of rotatable bonds is 6. The van der Waals surface area contributed by atoms with E-state index >= 15 is 0 Å². The quantitative estimate of drug-likeness (QED) is 0.210. The molecule has 0 fully saturated rings. The highest BCUT2D eigenvalue weighted by Gasteiger charge is 2.33. The molecule has 2 atom stereocenters. The van der Waals surface area contributed by atoms with Crippen molar-refractivity contribution in [3.8, 4) is 46.0 Å². The summed E-state index contributed by atoms with van der Waals surface area (Å²) in [6, 6.07) is 21.1. The second kappa shape index (κ2) is 12.9. The first-order valence-electron chi connectivity index (χ1n) is 13.8. The van der Waals surface area contributed by atoms with Crippen molar-refractivity contribution >= 4 is 11.9 Å². The largest absolute Gasteiger partial charge is 0.507 e. The molecular formula is C34H32O10. The number of phenolic OH excluding ortho intramolecular Hbond substituents is 2. The molecule has 2 heterocycles. The minimum Gasteiger partial charge on any atom is -0.507 e. The van der Waals surface area contributed by atoms with Gasteiger partial charge in [0.25, 0.3) is 0 Å². The fourth-order valence-electron chi connectivity index (χ4n) is 5.39. The summed E-state index contributed by atoms with van der Waals surface area (Å²) in [5, 5.41) is 20.6. The molecule has 6 rings (SSSR count). The summed E-state index contributed by atoms with van der Waals surface area (Å²) in [5.74, 6) is 1.98. The van der Waals surface area contributed by atoms with Crippen LogP contribution in [0.2, 0.25) is 0 Å². The Morgan fingerprint density at radius 3 is 1.20 bits per heavy atom. The third-order valence-corrected chi connectivity index (χ3v) is 7.58. The minimum atomic E-state index is -0.332. The Kier molecular flexibility index (Phi) is 8.80. The van der Waals surface area contributed by atoms with E-state index in [-0.39, 0.29) is 48.1 Å². The summed E-state index contributed by atoms with van der Waals surface area (Å²) < 4.78 is 31.0. The molecule has 0 aliphatic carbocycles. The van der Waals surface area contributed by atoms with Gasteiger partial charge in [-0.15, -0.1) is 0 Å². The van der Waals surface area contributed by atoms with Gasteiger partial charge in [0.1, 0.15) is 46.0 Å². The number of ether oxygens (including phenoxy) is 6. The zero-order valence-corrected chi connectivity index (χ0v) is 24.7. The van der Waals surface area contributed by atoms with Gasteiger partial charge in [-0.1, -0.05) is 24.3 Å². The summed E-state index contributed by atoms with van der Waals surface area (Å²) in [4.78, 5) is 23.7. The molecule has 0 radical (unpaired) electrons. The zero-order chi connectivity index (χ0) is 31.4. The lowest BCUT2D eigenvalue weighted by Crippen LogP contribution is -2.21. The summed E-state index contributed by atoms with van der Waals surface area (Å²) in [6.07, 6.45) is 0.360. The number of hydrogen-bond donors (Lipinski definition) is 2. The van der Waals surface area contributed by atoms with Crippen LogP contribution in [0.5, 0.6) is 46.0 Å². The Bertz CT molecular complexity index is 1540. The van der Waals surface area contributed by atoms with Gasteiger partial charge in [0.15, 0.2) is 0 Å². The second-order valence-corrected chi connectivity index (χ2v) is 10.1. The van der Waals surface area contributed by atoms with Crippen LogP contribution in [-0.2, 0) is 9.59 Å². The van der Waals surface area contributed by atoms with Crippen LogP contribution in [0.15, 0.2) is 72.8 Å². The molecule has 4 aromatic carbocycles. The van der Waals surface area contributed by atoms with Crippen molar-refractivity contribution < 1.29 is 48.2 Å². The normalized spacial score (nSPS) is 16.6. The Labute approximate surface area is 254 Å². The first-order valence-corrected chi connectivity index (χ1v) is 13.8. The van der Waals surface area contributed by atoms with Crippen LogP contribution in [-0.4, -0.2) is 50.6 Å². The van der Waals surface area contributed by atoms with Gasteiger partial charge in [-0.25, -0.2) is 0 Å². The lowest BCUT2D eigenvalue weighted by Gasteiger charge is -2.26. The molecular weight excluding hydrogens is 568 g/mol. The van der Waals surface area contributed by atoms with E-state index in [2.05, 4.69) is 0 Å². The van der Waals surface area contributed by atoms with Gasteiger partial charge < -0.3 is 38.6 Å². The minimum absolute atomic E-state index is 0.0580. The average molecular weight is 601 g/mol. The fourth-order valence-corrected chi connectivity index (χ4v) is 5.39. The lowest BCUT2D eigenvalue weighted by molar-refractivity contribution is -0.136. The van der Waals surface area contributed by atoms with E-state index in [1.807, 2.05) is 48.5 Å². The maximum atomic E-state index is 11.9. The lowest BCUT2D eigenvalue weighted by atomic mass is 9.85. The number of methoxy groups -OCH3 is 4. The van der Waals surface area contributed by atoms with Crippen molar-refractivity contribution in [1.82, 2.24) is 0 Å². The molecule has 4 aromatic rings. The molecule has 2 aliphatic rings. The highest BCUT2D eigenvalue weighted by Crippen LogP contribution is 2.47. The molecule has 0 spiro atoms. The number of hydrogen-bond acceptors (Lipinski definition) is 10. The Morgan fingerprint density at radius 2 is 0.886 bits per heavy atom. The number of phenols is 2. The third kappa shape index (κ3) is 6.19. The molecule has 228 valence electrons. The van der Waals surface area contributed by atoms with Gasteiger partial charge in [0.05, 0.1) is 41.3 Å². The first kappa shape index (κ1) is 30.1. The van der Waals surface area contributed by atoms with E-state index in [1.54, 1.807) is 26.4 Å². The van der Waals surface area contributed by atoms with Crippen molar-refractivity contribution in [2.75, 3.05) is 28.4 Å². The maximum Gasteiger partial charge on any atom is 0.312 e. The van der Waals surface area contributed by atoms with Crippen LogP contribution >= 0.6 is 0 Å². The smallest absolute Gasteiger partial charge is 0.312 e. The molecule has 0 aromatic heterocycles. The predicted molar refractivity (Wildman–Crippen MR) is 159 cm³/mol. The Morgan fingerprint density at radius 1 is 0.545 bits per heavy atom. The highest BCUT2D eigenvalue weighted by atomic mass is 16.5. The third-order valence-electron chi connectivity index (χ3n) is 7.58. The van der Waals surface area contributed by atoms with E-state index in [4.69, 9.17) is 28.4 Å². The standard InChI is InChI=1S/2C17H16O5/c2*1-20-11-5-3-10(4-6-11)13-9-16(19)22-15-8-12(21-2)7-14(18)17(13)15/h2*3-8,13,18H,9H2,1-2H3/t2*13-/m10/s1. The molecule has 0 bridgehead atoms. The summed E-state index contributed by atoms with van der Waals surface area (Å²) in [6.45, 7) is 0.